The molecular weight excluding hydrogens is 430 g/mol. The molecule has 7 nitrogen and oxygen atoms in total. The number of para-hydroxylation sites is 2. The van der Waals surface area contributed by atoms with Crippen LogP contribution in [-0.4, -0.2) is 24.8 Å². The molecule has 1 aliphatic heterocycles. The molecule has 3 aromatic rings. The van der Waals surface area contributed by atoms with E-state index in [0.29, 0.717) is 28.4 Å². The maximum absolute atomic E-state index is 13.7. The Hall–Kier alpha value is -4.39. The molecule has 1 heterocycles. The molecule has 1 aliphatic rings. The van der Waals surface area contributed by atoms with Gasteiger partial charge in [0, 0.05) is 12.6 Å². The first-order valence-corrected chi connectivity index (χ1v) is 10.8. The summed E-state index contributed by atoms with van der Waals surface area (Å²) in [6, 6.07) is 19.6. The van der Waals surface area contributed by atoms with Gasteiger partial charge in [0.05, 0.1) is 24.1 Å². The number of nitrogens with zero attached hydrogens (tertiary/aromatic N) is 1. The van der Waals surface area contributed by atoms with Crippen molar-refractivity contribution in [2.45, 2.75) is 20.8 Å². The number of aryl methyl sites for hydroxylation is 2. The molecule has 0 bridgehead atoms. The fraction of sp³-hybridized carbons (Fsp3) is 0.148. The molecule has 3 amide bonds. The summed E-state index contributed by atoms with van der Waals surface area (Å²) in [6.07, 6.45) is 0. The molecule has 7 heteroatoms. The Morgan fingerprint density at radius 1 is 0.912 bits per heavy atom. The average molecular weight is 456 g/mol. The van der Waals surface area contributed by atoms with Gasteiger partial charge in [0.25, 0.3) is 11.8 Å². The van der Waals surface area contributed by atoms with Crippen LogP contribution in [0.5, 0.6) is 5.75 Å². The number of imide groups is 1. The van der Waals surface area contributed by atoms with Gasteiger partial charge < -0.3 is 15.4 Å². The van der Waals surface area contributed by atoms with Gasteiger partial charge in [-0.1, -0.05) is 42.0 Å². The first-order chi connectivity index (χ1) is 16.3. The second kappa shape index (κ2) is 9.23. The zero-order valence-electron chi connectivity index (χ0n) is 19.4. The number of carbonyl (C=O) groups is 3. The molecular formula is C27H25N3O4. The van der Waals surface area contributed by atoms with E-state index in [4.69, 9.17) is 4.74 Å². The van der Waals surface area contributed by atoms with Crippen LogP contribution in [0.4, 0.5) is 17.1 Å². The number of nitrogens with one attached hydrogen (secondary N) is 2. The van der Waals surface area contributed by atoms with Gasteiger partial charge in [-0.15, -0.1) is 0 Å². The third kappa shape index (κ3) is 4.28. The van der Waals surface area contributed by atoms with Crippen molar-refractivity contribution in [3.8, 4) is 5.75 Å². The minimum absolute atomic E-state index is 0.154. The van der Waals surface area contributed by atoms with Crippen molar-refractivity contribution in [3.05, 3.63) is 89.1 Å². The minimum Gasteiger partial charge on any atom is -0.495 e. The molecule has 0 spiro atoms. The van der Waals surface area contributed by atoms with E-state index in [1.165, 1.54) is 11.8 Å². The highest BCUT2D eigenvalue weighted by atomic mass is 16.5. The number of methoxy groups -OCH3 is 1. The summed E-state index contributed by atoms with van der Waals surface area (Å²) in [5.74, 6) is -0.537. The van der Waals surface area contributed by atoms with Crippen LogP contribution in [0.1, 0.15) is 23.6 Å². The number of amides is 3. The van der Waals surface area contributed by atoms with Crippen LogP contribution in [0.15, 0.2) is 72.4 Å². The van der Waals surface area contributed by atoms with Gasteiger partial charge in [0.2, 0.25) is 5.91 Å². The molecule has 0 saturated heterocycles. The number of anilines is 3. The second-order valence-corrected chi connectivity index (χ2v) is 8.07. The maximum Gasteiger partial charge on any atom is 0.282 e. The Balaban J connectivity index is 1.83. The minimum atomic E-state index is -0.455. The molecule has 4 rings (SSSR count). The molecule has 34 heavy (non-hydrogen) atoms. The van der Waals surface area contributed by atoms with Gasteiger partial charge in [0.15, 0.2) is 0 Å². The second-order valence-electron chi connectivity index (χ2n) is 8.07. The van der Waals surface area contributed by atoms with Crippen LogP contribution >= 0.6 is 0 Å². The van der Waals surface area contributed by atoms with Gasteiger partial charge in [-0.25, -0.2) is 4.90 Å². The summed E-state index contributed by atoms with van der Waals surface area (Å²) in [5.41, 5.74) is 4.50. The van der Waals surface area contributed by atoms with Crippen LogP contribution in [0.3, 0.4) is 0 Å². The topological polar surface area (TPSA) is 87.7 Å². The largest absolute Gasteiger partial charge is 0.495 e. The summed E-state index contributed by atoms with van der Waals surface area (Å²) in [6.45, 7) is 5.25. The van der Waals surface area contributed by atoms with Crippen LogP contribution in [0.25, 0.3) is 5.57 Å². The summed E-state index contributed by atoms with van der Waals surface area (Å²) >= 11 is 0. The lowest BCUT2D eigenvalue weighted by Crippen LogP contribution is -2.33. The van der Waals surface area contributed by atoms with Crippen LogP contribution in [0.2, 0.25) is 0 Å². The fourth-order valence-corrected chi connectivity index (χ4v) is 3.99. The highest BCUT2D eigenvalue weighted by Crippen LogP contribution is 2.37. The average Bonchev–Trinajstić information content (AvgIpc) is 3.04. The smallest absolute Gasteiger partial charge is 0.282 e. The van der Waals surface area contributed by atoms with Crippen molar-refractivity contribution in [1.29, 1.82) is 0 Å². The Morgan fingerprint density at radius 2 is 1.62 bits per heavy atom. The Kier molecular flexibility index (Phi) is 6.19. The van der Waals surface area contributed by atoms with E-state index in [0.717, 1.165) is 11.1 Å². The van der Waals surface area contributed by atoms with Gasteiger partial charge in [-0.3, -0.25) is 14.4 Å². The Morgan fingerprint density at radius 3 is 2.26 bits per heavy atom. The fourth-order valence-electron chi connectivity index (χ4n) is 3.99. The lowest BCUT2D eigenvalue weighted by atomic mass is 10.0. The lowest BCUT2D eigenvalue weighted by Gasteiger charge is -2.18. The summed E-state index contributed by atoms with van der Waals surface area (Å²) < 4.78 is 5.42. The highest BCUT2D eigenvalue weighted by Gasteiger charge is 2.41. The summed E-state index contributed by atoms with van der Waals surface area (Å²) in [7, 11) is 1.54. The number of benzene rings is 3. The zero-order chi connectivity index (χ0) is 24.4. The molecule has 0 radical (unpaired) electrons. The van der Waals surface area contributed by atoms with Crippen LogP contribution < -0.4 is 20.3 Å². The first-order valence-electron chi connectivity index (χ1n) is 10.8. The van der Waals surface area contributed by atoms with Gasteiger partial charge in [0.1, 0.15) is 11.4 Å². The normalized spacial score (nSPS) is 13.4. The highest BCUT2D eigenvalue weighted by molar-refractivity contribution is 6.46. The van der Waals surface area contributed by atoms with Gasteiger partial charge in [-0.05, 0) is 55.3 Å². The van der Waals surface area contributed by atoms with E-state index in [-0.39, 0.29) is 17.2 Å². The molecule has 0 fully saturated rings. The maximum atomic E-state index is 13.7. The van der Waals surface area contributed by atoms with Crippen molar-refractivity contribution in [3.63, 3.8) is 0 Å². The molecule has 2 N–H and O–H groups in total. The van der Waals surface area contributed by atoms with E-state index >= 15 is 0 Å². The molecule has 0 aromatic heterocycles. The lowest BCUT2D eigenvalue weighted by molar-refractivity contribution is -0.120. The van der Waals surface area contributed by atoms with E-state index < -0.39 is 11.8 Å². The third-order valence-electron chi connectivity index (χ3n) is 5.54. The number of hydrogen-bond donors (Lipinski definition) is 2. The Labute approximate surface area is 198 Å². The van der Waals surface area contributed by atoms with Crippen LogP contribution in [0, 0.1) is 13.8 Å². The monoisotopic (exact) mass is 455 g/mol. The van der Waals surface area contributed by atoms with Gasteiger partial charge >= 0.3 is 0 Å². The number of carbonyl (C=O) groups excluding carboxylic acids is 3. The number of hydrogen-bond acceptors (Lipinski definition) is 5. The summed E-state index contributed by atoms with van der Waals surface area (Å²) in [5, 5.41) is 5.85. The summed E-state index contributed by atoms with van der Waals surface area (Å²) in [4.78, 5) is 39.9. The van der Waals surface area contributed by atoms with E-state index in [1.807, 2.05) is 38.1 Å². The van der Waals surface area contributed by atoms with Crippen molar-refractivity contribution in [2.75, 3.05) is 22.6 Å². The van der Waals surface area contributed by atoms with E-state index in [9.17, 15) is 14.4 Å². The van der Waals surface area contributed by atoms with Crippen molar-refractivity contribution in [1.82, 2.24) is 0 Å². The molecule has 172 valence electrons. The first kappa shape index (κ1) is 22.8. The van der Waals surface area contributed by atoms with Gasteiger partial charge in [-0.2, -0.15) is 0 Å². The SMILES string of the molecule is COc1ccccc1NC1=C(c2ccc(NC(C)=O)cc2)C(=O)N(c2ccc(C)cc2C)C1=O. The molecule has 0 atom stereocenters. The van der Waals surface area contributed by atoms with E-state index in [1.54, 1.807) is 49.6 Å². The number of rotatable bonds is 6. The zero-order valence-corrected chi connectivity index (χ0v) is 19.4. The molecule has 0 unspecified atom stereocenters. The molecule has 0 saturated carbocycles. The predicted octanol–water partition coefficient (Wildman–Crippen LogP) is 4.67. The Bertz CT molecular complexity index is 1330. The predicted molar refractivity (Wildman–Crippen MR) is 133 cm³/mol. The van der Waals surface area contributed by atoms with Crippen molar-refractivity contribution in [2.24, 2.45) is 0 Å². The van der Waals surface area contributed by atoms with E-state index in [2.05, 4.69) is 10.6 Å². The standard InChI is InChI=1S/C27H25N3O4/c1-16-9-14-22(17(2)15-16)30-26(32)24(19-10-12-20(13-11-19)28-18(3)31)25(27(30)33)29-21-7-5-6-8-23(21)34-4/h5-15,29H,1-4H3,(H,28,31). The quantitative estimate of drug-likeness (QED) is 0.528. The van der Waals surface area contributed by atoms with Crippen molar-refractivity contribution >= 4 is 40.4 Å². The molecule has 3 aromatic carbocycles. The third-order valence-corrected chi connectivity index (χ3v) is 5.54. The van der Waals surface area contributed by atoms with Crippen LogP contribution in [-0.2, 0) is 14.4 Å². The molecule has 0 aliphatic carbocycles. The number of ether oxygens (including phenoxy) is 1. The van der Waals surface area contributed by atoms with Crippen molar-refractivity contribution < 1.29 is 19.1 Å².